The highest BCUT2D eigenvalue weighted by Crippen LogP contribution is 2.06. The monoisotopic (exact) mass is 184 g/mol. The van der Waals surface area contributed by atoms with Crippen molar-refractivity contribution >= 4 is 5.97 Å². The van der Waals surface area contributed by atoms with E-state index in [1.807, 2.05) is 6.92 Å². The van der Waals surface area contributed by atoms with Gasteiger partial charge in [0.2, 0.25) is 0 Å². The summed E-state index contributed by atoms with van der Waals surface area (Å²) >= 11 is 0. The maximum Gasteiger partial charge on any atom is 0.305 e. The van der Waals surface area contributed by atoms with Crippen LogP contribution in [0.1, 0.15) is 45.4 Å². The summed E-state index contributed by atoms with van der Waals surface area (Å²) in [4.78, 5) is 10.7. The average Bonchev–Trinajstić information content (AvgIpc) is 2.16. The van der Waals surface area contributed by atoms with E-state index in [0.29, 0.717) is 6.42 Å². The van der Waals surface area contributed by atoms with Crippen molar-refractivity contribution in [3.8, 4) is 0 Å². The fourth-order valence-electron chi connectivity index (χ4n) is 1.15. The summed E-state index contributed by atoms with van der Waals surface area (Å²) in [5.41, 5.74) is 0. The van der Waals surface area contributed by atoms with Gasteiger partial charge in [0.1, 0.15) is 0 Å². The van der Waals surface area contributed by atoms with Gasteiger partial charge in [-0.3, -0.25) is 4.79 Å². The smallest absolute Gasteiger partial charge is 0.305 e. The summed E-state index contributed by atoms with van der Waals surface area (Å²) in [7, 11) is 1.44. The second kappa shape index (κ2) is 9.30. The molecule has 0 radical (unpaired) electrons. The fraction of sp³-hybridized carbons (Fsp3) is 0.727. The number of allylic oxidation sites excluding steroid dienone is 2. The number of hydrogen-bond donors (Lipinski definition) is 0. The predicted molar refractivity (Wildman–Crippen MR) is 54.5 cm³/mol. The minimum atomic E-state index is -0.0894. The molecule has 0 N–H and O–H groups in total. The number of unbranched alkanes of at least 4 members (excludes halogenated alkanes) is 4. The van der Waals surface area contributed by atoms with Crippen LogP contribution >= 0.6 is 0 Å². The van der Waals surface area contributed by atoms with E-state index >= 15 is 0 Å². The molecule has 0 aromatic carbocycles. The van der Waals surface area contributed by atoms with E-state index in [2.05, 4.69) is 16.9 Å². The van der Waals surface area contributed by atoms with Crippen molar-refractivity contribution < 1.29 is 9.53 Å². The predicted octanol–water partition coefficient (Wildman–Crippen LogP) is 3.08. The molecule has 0 aliphatic carbocycles. The van der Waals surface area contributed by atoms with Gasteiger partial charge in [0.05, 0.1) is 7.11 Å². The van der Waals surface area contributed by atoms with Gasteiger partial charge in [-0.25, -0.2) is 0 Å². The van der Waals surface area contributed by atoms with Crippen molar-refractivity contribution in [3.63, 3.8) is 0 Å². The third kappa shape index (κ3) is 9.12. The Morgan fingerprint density at radius 2 is 1.92 bits per heavy atom. The van der Waals surface area contributed by atoms with Crippen LogP contribution in [0.3, 0.4) is 0 Å². The Morgan fingerprint density at radius 3 is 2.54 bits per heavy atom. The highest BCUT2D eigenvalue weighted by atomic mass is 16.5. The van der Waals surface area contributed by atoms with Gasteiger partial charge in [-0.05, 0) is 26.2 Å². The van der Waals surface area contributed by atoms with Gasteiger partial charge in [-0.15, -0.1) is 0 Å². The summed E-state index contributed by atoms with van der Waals surface area (Å²) in [6.07, 6.45) is 10.5. The van der Waals surface area contributed by atoms with Crippen LogP contribution in [-0.4, -0.2) is 13.1 Å². The largest absolute Gasteiger partial charge is 0.469 e. The summed E-state index contributed by atoms with van der Waals surface area (Å²) in [5, 5.41) is 0. The molecule has 0 unspecified atom stereocenters. The third-order valence-electron chi connectivity index (χ3n) is 1.97. The van der Waals surface area contributed by atoms with E-state index in [1.54, 1.807) is 0 Å². The summed E-state index contributed by atoms with van der Waals surface area (Å²) in [6, 6.07) is 0. The minimum Gasteiger partial charge on any atom is -0.469 e. The maximum atomic E-state index is 10.7. The van der Waals surface area contributed by atoms with E-state index in [9.17, 15) is 4.79 Å². The van der Waals surface area contributed by atoms with Crippen molar-refractivity contribution in [1.29, 1.82) is 0 Å². The van der Waals surface area contributed by atoms with Crippen molar-refractivity contribution in [2.24, 2.45) is 0 Å². The number of rotatable bonds is 7. The van der Waals surface area contributed by atoms with Crippen molar-refractivity contribution in [2.75, 3.05) is 7.11 Å². The second-order valence-electron chi connectivity index (χ2n) is 3.10. The molecule has 0 amide bonds. The number of methoxy groups -OCH3 is 1. The van der Waals surface area contributed by atoms with Gasteiger partial charge < -0.3 is 4.74 Å². The molecule has 2 nitrogen and oxygen atoms in total. The first-order chi connectivity index (χ1) is 6.31. The average molecular weight is 184 g/mol. The van der Waals surface area contributed by atoms with Crippen LogP contribution in [0.4, 0.5) is 0 Å². The molecule has 0 saturated carbocycles. The van der Waals surface area contributed by atoms with Crippen molar-refractivity contribution in [1.82, 2.24) is 0 Å². The zero-order chi connectivity index (χ0) is 9.94. The number of ether oxygens (including phenoxy) is 1. The molecule has 0 heterocycles. The van der Waals surface area contributed by atoms with Gasteiger partial charge >= 0.3 is 5.97 Å². The van der Waals surface area contributed by atoms with Crippen LogP contribution in [0.25, 0.3) is 0 Å². The third-order valence-corrected chi connectivity index (χ3v) is 1.97. The summed E-state index contributed by atoms with van der Waals surface area (Å²) < 4.78 is 4.55. The standard InChI is InChI=1S/C11H20O2/c1-3-4-5-6-7-8-9-10-11(12)13-2/h3-4H,5-10H2,1-2H3/b4-3+. The first-order valence-electron chi connectivity index (χ1n) is 4.99. The normalized spacial score (nSPS) is 10.6. The number of esters is 1. The Kier molecular flexibility index (Phi) is 8.73. The maximum absolute atomic E-state index is 10.7. The molecule has 0 aromatic rings. The lowest BCUT2D eigenvalue weighted by Crippen LogP contribution is -1.98. The first-order valence-corrected chi connectivity index (χ1v) is 4.99. The molecule has 0 saturated heterocycles. The Morgan fingerprint density at radius 1 is 1.23 bits per heavy atom. The molecule has 0 rings (SSSR count). The highest BCUT2D eigenvalue weighted by molar-refractivity contribution is 5.68. The van der Waals surface area contributed by atoms with Crippen molar-refractivity contribution in [3.05, 3.63) is 12.2 Å². The van der Waals surface area contributed by atoms with E-state index in [-0.39, 0.29) is 5.97 Å². The Bertz CT molecular complexity index is 150. The van der Waals surface area contributed by atoms with Gasteiger partial charge in [-0.1, -0.05) is 25.0 Å². The van der Waals surface area contributed by atoms with E-state index in [4.69, 9.17) is 0 Å². The summed E-state index contributed by atoms with van der Waals surface area (Å²) in [5.74, 6) is -0.0894. The number of carbonyl (C=O) groups excluding carboxylic acids is 1. The lowest BCUT2D eigenvalue weighted by atomic mass is 10.1. The molecule has 0 aromatic heterocycles. The van der Waals surface area contributed by atoms with Crippen LogP contribution < -0.4 is 0 Å². The zero-order valence-corrected chi connectivity index (χ0v) is 8.71. The van der Waals surface area contributed by atoms with Gasteiger partial charge in [0.25, 0.3) is 0 Å². The lowest BCUT2D eigenvalue weighted by molar-refractivity contribution is -0.140. The summed E-state index contributed by atoms with van der Waals surface area (Å²) in [6.45, 7) is 2.04. The fourth-order valence-corrected chi connectivity index (χ4v) is 1.15. The van der Waals surface area contributed by atoms with Crippen LogP contribution in [-0.2, 0) is 9.53 Å². The molecule has 13 heavy (non-hydrogen) atoms. The molecular formula is C11H20O2. The second-order valence-corrected chi connectivity index (χ2v) is 3.10. The SMILES string of the molecule is C/C=C/CCCCCCC(=O)OC. The van der Waals surface area contributed by atoms with Crippen LogP contribution in [0.2, 0.25) is 0 Å². The quantitative estimate of drug-likeness (QED) is 0.345. The Labute approximate surface area is 81.0 Å². The molecule has 0 fully saturated rings. The number of carbonyl (C=O) groups is 1. The van der Waals surface area contributed by atoms with Gasteiger partial charge in [0.15, 0.2) is 0 Å². The lowest BCUT2D eigenvalue weighted by Gasteiger charge is -1.98. The van der Waals surface area contributed by atoms with Gasteiger partial charge in [-0.2, -0.15) is 0 Å². The Balaban J connectivity index is 3.03. The first kappa shape index (κ1) is 12.2. The molecular weight excluding hydrogens is 164 g/mol. The Hall–Kier alpha value is -0.790. The van der Waals surface area contributed by atoms with E-state index in [1.165, 1.54) is 20.0 Å². The zero-order valence-electron chi connectivity index (χ0n) is 8.71. The topological polar surface area (TPSA) is 26.3 Å². The molecule has 0 atom stereocenters. The molecule has 76 valence electrons. The van der Waals surface area contributed by atoms with E-state index < -0.39 is 0 Å². The number of hydrogen-bond acceptors (Lipinski definition) is 2. The molecule has 0 bridgehead atoms. The molecule has 0 aliphatic rings. The minimum absolute atomic E-state index is 0.0894. The molecule has 2 heteroatoms. The van der Waals surface area contributed by atoms with Crippen LogP contribution in [0, 0.1) is 0 Å². The van der Waals surface area contributed by atoms with Crippen LogP contribution in [0.5, 0.6) is 0 Å². The van der Waals surface area contributed by atoms with E-state index in [0.717, 1.165) is 19.3 Å². The highest BCUT2D eigenvalue weighted by Gasteiger charge is 1.98. The van der Waals surface area contributed by atoms with Gasteiger partial charge in [0, 0.05) is 6.42 Å². The van der Waals surface area contributed by atoms with Crippen molar-refractivity contribution in [2.45, 2.75) is 45.4 Å². The van der Waals surface area contributed by atoms with Crippen LogP contribution in [0.15, 0.2) is 12.2 Å². The molecule has 0 aliphatic heterocycles. The molecule has 0 spiro atoms.